The Kier molecular flexibility index (Phi) is 7.70. The van der Waals surface area contributed by atoms with Gasteiger partial charge in [-0.25, -0.2) is 9.82 Å². The molecule has 0 spiro atoms. The van der Waals surface area contributed by atoms with Gasteiger partial charge in [-0.05, 0) is 47.5 Å². The molecular formula is C24H24FN3O3. The second kappa shape index (κ2) is 10.9. The molecule has 0 saturated carbocycles. The van der Waals surface area contributed by atoms with E-state index >= 15 is 0 Å². The molecule has 2 amide bonds. The first-order valence-electron chi connectivity index (χ1n) is 10.1. The van der Waals surface area contributed by atoms with Crippen LogP contribution in [-0.2, 0) is 9.59 Å². The molecule has 31 heavy (non-hydrogen) atoms. The Hall–Kier alpha value is -3.74. The molecular weight excluding hydrogens is 397 g/mol. The fourth-order valence-electron chi connectivity index (χ4n) is 2.95. The van der Waals surface area contributed by atoms with E-state index in [2.05, 4.69) is 22.8 Å². The van der Waals surface area contributed by atoms with E-state index in [4.69, 9.17) is 4.74 Å². The van der Waals surface area contributed by atoms with Gasteiger partial charge >= 0.3 is 0 Å². The van der Waals surface area contributed by atoms with E-state index in [1.54, 1.807) is 0 Å². The molecule has 0 atom stereocenters. The summed E-state index contributed by atoms with van der Waals surface area (Å²) < 4.78 is 18.8. The maximum Gasteiger partial charge on any atom is 0.249 e. The van der Waals surface area contributed by atoms with Gasteiger partial charge in [-0.3, -0.25) is 9.59 Å². The number of nitrogens with one attached hydrogen (secondary N) is 2. The van der Waals surface area contributed by atoms with Crippen LogP contribution in [-0.4, -0.2) is 24.6 Å². The van der Waals surface area contributed by atoms with Crippen LogP contribution in [0.2, 0.25) is 0 Å². The molecule has 3 rings (SSSR count). The molecule has 0 fully saturated rings. The van der Waals surface area contributed by atoms with Crippen LogP contribution in [0.3, 0.4) is 0 Å². The third kappa shape index (κ3) is 6.37. The molecule has 0 aliphatic carbocycles. The van der Waals surface area contributed by atoms with Crippen LogP contribution in [0.1, 0.15) is 31.7 Å². The van der Waals surface area contributed by atoms with Crippen molar-refractivity contribution in [3.05, 3.63) is 72.0 Å². The number of fused-ring (bicyclic) bond motifs is 1. The maximum absolute atomic E-state index is 12.9. The van der Waals surface area contributed by atoms with Crippen molar-refractivity contribution < 1.29 is 18.7 Å². The van der Waals surface area contributed by atoms with E-state index in [9.17, 15) is 14.0 Å². The zero-order chi connectivity index (χ0) is 22.1. The van der Waals surface area contributed by atoms with Crippen LogP contribution >= 0.6 is 0 Å². The lowest BCUT2D eigenvalue weighted by molar-refractivity contribution is -0.126. The van der Waals surface area contributed by atoms with Gasteiger partial charge in [0.2, 0.25) is 11.8 Å². The van der Waals surface area contributed by atoms with Crippen molar-refractivity contribution in [2.24, 2.45) is 5.10 Å². The van der Waals surface area contributed by atoms with Crippen LogP contribution in [0.15, 0.2) is 65.8 Å². The number of rotatable bonds is 9. The predicted molar refractivity (Wildman–Crippen MR) is 120 cm³/mol. The molecule has 160 valence electrons. The Morgan fingerprint density at radius 3 is 2.58 bits per heavy atom. The van der Waals surface area contributed by atoms with Gasteiger partial charge in [-0.1, -0.05) is 43.7 Å². The topological polar surface area (TPSA) is 79.8 Å². The van der Waals surface area contributed by atoms with Gasteiger partial charge in [0.1, 0.15) is 18.0 Å². The van der Waals surface area contributed by atoms with Gasteiger partial charge in [0.25, 0.3) is 0 Å². The summed E-state index contributed by atoms with van der Waals surface area (Å²) in [5, 5.41) is 8.52. The van der Waals surface area contributed by atoms with Crippen molar-refractivity contribution in [1.29, 1.82) is 0 Å². The predicted octanol–water partition coefficient (Wildman–Crippen LogP) is 4.64. The van der Waals surface area contributed by atoms with Crippen LogP contribution in [0.4, 0.5) is 10.1 Å². The van der Waals surface area contributed by atoms with E-state index < -0.39 is 24.1 Å². The first-order chi connectivity index (χ1) is 15.1. The Balaban J connectivity index is 1.64. The van der Waals surface area contributed by atoms with Crippen LogP contribution in [0.25, 0.3) is 10.8 Å². The monoisotopic (exact) mass is 421 g/mol. The summed E-state index contributed by atoms with van der Waals surface area (Å²) in [4.78, 5) is 24.0. The highest BCUT2D eigenvalue weighted by Gasteiger charge is 2.10. The summed E-state index contributed by atoms with van der Waals surface area (Å²) in [5.41, 5.74) is 3.53. The minimum absolute atomic E-state index is 0.406. The number of hydrogen-bond acceptors (Lipinski definition) is 4. The van der Waals surface area contributed by atoms with Crippen LogP contribution in [0, 0.1) is 5.82 Å². The highest BCUT2D eigenvalue weighted by molar-refractivity contribution is 6.05. The van der Waals surface area contributed by atoms with Crippen molar-refractivity contribution in [3.8, 4) is 5.75 Å². The molecule has 0 radical (unpaired) electrons. The quantitative estimate of drug-likeness (QED) is 0.229. The number of carbonyl (C=O) groups excluding carboxylic acids is 2. The zero-order valence-corrected chi connectivity index (χ0v) is 17.2. The SMILES string of the molecule is CCCCOc1ccc2ccccc2c1C=NNC(=O)CC(=O)Nc1ccc(F)cc1. The summed E-state index contributed by atoms with van der Waals surface area (Å²) in [6.07, 6.45) is 3.07. The average molecular weight is 421 g/mol. The normalized spacial score (nSPS) is 10.9. The fourth-order valence-corrected chi connectivity index (χ4v) is 2.95. The average Bonchev–Trinajstić information content (AvgIpc) is 2.76. The van der Waals surface area contributed by atoms with Gasteiger partial charge in [-0.2, -0.15) is 5.10 Å². The zero-order valence-electron chi connectivity index (χ0n) is 17.2. The van der Waals surface area contributed by atoms with Crippen molar-refractivity contribution in [2.75, 3.05) is 11.9 Å². The van der Waals surface area contributed by atoms with Gasteiger partial charge in [0.15, 0.2) is 0 Å². The Labute approximate surface area is 180 Å². The Bertz CT molecular complexity index is 1080. The van der Waals surface area contributed by atoms with Gasteiger partial charge < -0.3 is 10.1 Å². The molecule has 0 aliphatic heterocycles. The lowest BCUT2D eigenvalue weighted by Crippen LogP contribution is -2.24. The number of hydrogen-bond donors (Lipinski definition) is 2. The number of carbonyl (C=O) groups is 2. The standard InChI is InChI=1S/C24H24FN3O3/c1-2-3-14-31-22-13-8-17-6-4-5-7-20(17)21(22)16-26-28-24(30)15-23(29)27-19-11-9-18(25)10-12-19/h4-13,16H,2-3,14-15H2,1H3,(H,27,29)(H,28,30). The third-order valence-corrected chi connectivity index (χ3v) is 4.52. The molecule has 7 heteroatoms. The summed E-state index contributed by atoms with van der Waals surface area (Å²) in [6.45, 7) is 2.68. The van der Waals surface area contributed by atoms with Crippen molar-refractivity contribution in [1.82, 2.24) is 5.43 Å². The first-order valence-corrected chi connectivity index (χ1v) is 10.1. The minimum Gasteiger partial charge on any atom is -0.493 e. The van der Waals surface area contributed by atoms with Gasteiger partial charge in [0.05, 0.1) is 12.8 Å². The van der Waals surface area contributed by atoms with Crippen molar-refractivity contribution in [3.63, 3.8) is 0 Å². The lowest BCUT2D eigenvalue weighted by atomic mass is 10.0. The molecule has 3 aromatic rings. The van der Waals surface area contributed by atoms with E-state index in [1.807, 2.05) is 36.4 Å². The smallest absolute Gasteiger partial charge is 0.249 e. The maximum atomic E-state index is 12.9. The van der Waals surface area contributed by atoms with E-state index in [-0.39, 0.29) is 0 Å². The molecule has 3 aromatic carbocycles. The molecule has 0 aromatic heterocycles. The second-order valence-electron chi connectivity index (χ2n) is 6.93. The van der Waals surface area contributed by atoms with E-state index in [0.717, 1.165) is 29.2 Å². The van der Waals surface area contributed by atoms with Crippen molar-refractivity contribution in [2.45, 2.75) is 26.2 Å². The third-order valence-electron chi connectivity index (χ3n) is 4.52. The molecule has 0 aliphatic rings. The molecule has 0 saturated heterocycles. The summed E-state index contributed by atoms with van der Waals surface area (Å²) >= 11 is 0. The lowest BCUT2D eigenvalue weighted by Gasteiger charge is -2.11. The summed E-state index contributed by atoms with van der Waals surface area (Å²) in [5.74, 6) is -0.812. The van der Waals surface area contributed by atoms with Crippen LogP contribution in [0.5, 0.6) is 5.75 Å². The second-order valence-corrected chi connectivity index (χ2v) is 6.93. The Morgan fingerprint density at radius 1 is 1.03 bits per heavy atom. The Morgan fingerprint density at radius 2 is 1.81 bits per heavy atom. The molecule has 0 bridgehead atoms. The molecule has 0 unspecified atom stereocenters. The van der Waals surface area contributed by atoms with E-state index in [0.29, 0.717) is 18.0 Å². The summed E-state index contributed by atoms with van der Waals surface area (Å²) in [6, 6.07) is 17.0. The van der Waals surface area contributed by atoms with Gasteiger partial charge in [0, 0.05) is 11.3 Å². The highest BCUT2D eigenvalue weighted by Crippen LogP contribution is 2.27. The number of amides is 2. The fraction of sp³-hybridized carbons (Fsp3) is 0.208. The molecule has 6 nitrogen and oxygen atoms in total. The molecule has 0 heterocycles. The number of ether oxygens (including phenoxy) is 1. The van der Waals surface area contributed by atoms with Crippen molar-refractivity contribution >= 4 is 34.5 Å². The first kappa shape index (κ1) is 22.0. The number of benzene rings is 3. The number of nitrogens with zero attached hydrogens (tertiary/aromatic N) is 1. The van der Waals surface area contributed by atoms with Gasteiger partial charge in [-0.15, -0.1) is 0 Å². The van der Waals surface area contributed by atoms with E-state index in [1.165, 1.54) is 30.5 Å². The highest BCUT2D eigenvalue weighted by atomic mass is 19.1. The summed E-state index contributed by atoms with van der Waals surface area (Å²) in [7, 11) is 0. The number of unbranched alkanes of at least 4 members (excludes halogenated alkanes) is 1. The number of halogens is 1. The largest absolute Gasteiger partial charge is 0.493 e. The number of anilines is 1. The molecule has 2 N–H and O–H groups in total. The number of hydrazone groups is 1. The van der Waals surface area contributed by atoms with Crippen LogP contribution < -0.4 is 15.5 Å². The minimum atomic E-state index is -0.565.